The van der Waals surface area contributed by atoms with E-state index in [-0.39, 0.29) is 90.7 Å². The molecule has 0 spiro atoms. The van der Waals surface area contributed by atoms with Gasteiger partial charge in [0.05, 0.1) is 46.4 Å². The molecule has 0 aromatic carbocycles. The second kappa shape index (κ2) is 15.9. The van der Waals surface area contributed by atoms with E-state index in [0.717, 1.165) is 12.8 Å². The molecule has 4 saturated carbocycles. The molecule has 4 aliphatic carbocycles. The van der Waals surface area contributed by atoms with Crippen LogP contribution in [0.4, 0.5) is 0 Å². The molecule has 282 valence electrons. The monoisotopic (exact) mass is 739 g/mol. The van der Waals surface area contributed by atoms with Crippen LogP contribution in [0.5, 0.6) is 0 Å². The maximum absolute atomic E-state index is 12.7. The van der Waals surface area contributed by atoms with E-state index in [0.29, 0.717) is 25.7 Å². The molecule has 13 nitrogen and oxygen atoms in total. The topological polar surface area (TPSA) is 226 Å². The third-order valence-corrected chi connectivity index (χ3v) is 14.4. The first-order valence-electron chi connectivity index (χ1n) is 18.0. The van der Waals surface area contributed by atoms with Crippen LogP contribution in [0.1, 0.15) is 79.6 Å². The Morgan fingerprint density at radius 3 is 2.30 bits per heavy atom. The third kappa shape index (κ3) is 8.08. The number of aliphatic hydroxyl groups is 6. The fourth-order valence-electron chi connectivity index (χ4n) is 10.9. The summed E-state index contributed by atoms with van der Waals surface area (Å²) in [5.41, 5.74) is -2.08. The van der Waals surface area contributed by atoms with Crippen LogP contribution in [0.25, 0.3) is 0 Å². The first kappa shape index (κ1) is 42.5. The van der Waals surface area contributed by atoms with Gasteiger partial charge in [0.1, 0.15) is 18.3 Å². The first-order chi connectivity index (χ1) is 22.7. The van der Waals surface area contributed by atoms with E-state index in [1.165, 1.54) is 0 Å². The molecule has 1 amide bonds. The van der Waals surface area contributed by atoms with Crippen molar-refractivity contribution in [1.29, 1.82) is 0 Å². The zero-order valence-electron chi connectivity index (χ0n) is 30.3. The summed E-state index contributed by atoms with van der Waals surface area (Å²) in [5, 5.41) is 68.9. The average Bonchev–Trinajstić information content (AvgIpc) is 3.30. The number of nitrogens with one attached hydrogen (secondary N) is 1. The van der Waals surface area contributed by atoms with Crippen LogP contribution in [-0.4, -0.2) is 117 Å². The zero-order valence-corrected chi connectivity index (χ0v) is 33.2. The number of carbonyl (C=O) groups excluding carboxylic acids is 1. The molecule has 17 atom stereocenters. The molecule has 1 aliphatic heterocycles. The molecule has 5 fully saturated rings. The molecule has 5 aliphatic rings. The minimum Gasteiger partial charge on any atom is -0.748 e. The Labute approximate surface area is 318 Å². The van der Waals surface area contributed by atoms with Gasteiger partial charge in [-0.25, -0.2) is 8.42 Å². The summed E-state index contributed by atoms with van der Waals surface area (Å²) in [5.74, 6) is -2.30. The predicted molar refractivity (Wildman–Crippen MR) is 176 cm³/mol. The molecule has 15 heteroatoms. The van der Waals surface area contributed by atoms with Crippen LogP contribution in [0.15, 0.2) is 12.2 Å². The predicted octanol–water partition coefficient (Wildman–Crippen LogP) is -2.34. The molecule has 0 radical (unpaired) electrons. The van der Waals surface area contributed by atoms with Crippen LogP contribution in [0.2, 0.25) is 0 Å². The third-order valence-electron chi connectivity index (χ3n) is 13.7. The van der Waals surface area contributed by atoms with E-state index in [9.17, 15) is 48.4 Å². The Bertz CT molecular complexity index is 1340. The molecule has 5 rings (SSSR count). The van der Waals surface area contributed by atoms with E-state index in [1.807, 2.05) is 13.0 Å². The van der Waals surface area contributed by atoms with Gasteiger partial charge in [0.2, 0.25) is 5.91 Å². The van der Waals surface area contributed by atoms with Crippen molar-refractivity contribution in [3.05, 3.63) is 12.2 Å². The molecule has 1 saturated heterocycles. The number of hydrogen-bond acceptors (Lipinski definition) is 12. The second-order valence-electron chi connectivity index (χ2n) is 16.6. The van der Waals surface area contributed by atoms with Gasteiger partial charge in [0.25, 0.3) is 0 Å². The quantitative estimate of drug-likeness (QED) is 0.0542. The van der Waals surface area contributed by atoms with Crippen molar-refractivity contribution in [2.75, 3.05) is 18.9 Å². The Morgan fingerprint density at radius 1 is 0.980 bits per heavy atom. The van der Waals surface area contributed by atoms with Gasteiger partial charge in [-0.3, -0.25) is 4.79 Å². The SMILES string of the molecule is C[C@H](/C=C/[C@@H](C)[C@H]1C[C@@H](O)C2[C@]3(O)C[C@H](O)C4C[C@@H](O[C@@H]5OC[C@@H](O)C(O)C5O)CC[C@]4(C)C3CC[C@@]21C)[C@H](C)C(=O)NCCS(=O)(=O)[O-].[Na+]. The van der Waals surface area contributed by atoms with Gasteiger partial charge in [-0.05, 0) is 78.9 Å². The van der Waals surface area contributed by atoms with Gasteiger partial charge < -0.3 is 50.0 Å². The standard InChI is InChI=1S/C35H59NO12S.Na/c1-18(20(3)31(42)36-12-13-49(44,45)46)6-7-19(2)22-15-24(37)30-34(22,5)11-9-27-33(4)10-8-21(14-23(33)25(38)16-35(27,30)43)48-32-29(41)28(40)26(39)17-47-32;/h6-7,18-30,32,37-41,43H,8-17H2,1-5H3,(H,36,42)(H,44,45,46);/q;+1/p-1/b7-6+;/t18-,19-,20+,21+,22-,23?,24-,25+,26-,27?,28?,29?,30?,32+,33+,34-,35+;/m1./s1. The zero-order chi connectivity index (χ0) is 36.3. The molecular weight excluding hydrogens is 681 g/mol. The van der Waals surface area contributed by atoms with Crippen molar-refractivity contribution in [3.63, 3.8) is 0 Å². The number of rotatable bonds is 10. The number of carbonyl (C=O) groups is 1. The number of allylic oxidation sites excluding steroid dienone is 2. The number of amides is 1. The largest absolute Gasteiger partial charge is 1.00 e. The van der Waals surface area contributed by atoms with Gasteiger partial charge in [0.15, 0.2) is 6.29 Å². The molecule has 0 aromatic rings. The van der Waals surface area contributed by atoms with E-state index in [2.05, 4.69) is 32.2 Å². The van der Waals surface area contributed by atoms with Crippen molar-refractivity contribution < 1.29 is 87.4 Å². The van der Waals surface area contributed by atoms with Gasteiger partial charge in [-0.2, -0.15) is 0 Å². The maximum atomic E-state index is 12.7. The van der Waals surface area contributed by atoms with Crippen molar-refractivity contribution in [2.45, 2.75) is 128 Å². The first-order valence-corrected chi connectivity index (χ1v) is 19.6. The molecule has 7 N–H and O–H groups in total. The molecular formula is C35H58NNaO12S. The van der Waals surface area contributed by atoms with E-state index in [4.69, 9.17) is 9.47 Å². The average molecular weight is 740 g/mol. The Balaban J connectivity index is 0.00000562. The summed E-state index contributed by atoms with van der Waals surface area (Å²) in [7, 11) is -4.41. The fourth-order valence-corrected chi connectivity index (χ4v) is 11.2. The van der Waals surface area contributed by atoms with E-state index < -0.39 is 80.9 Å². The molecule has 1 heterocycles. The molecule has 0 aromatic heterocycles. The maximum Gasteiger partial charge on any atom is 1.00 e. The summed E-state index contributed by atoms with van der Waals surface area (Å²) >= 11 is 0. The summed E-state index contributed by atoms with van der Waals surface area (Å²) < 4.78 is 44.2. The van der Waals surface area contributed by atoms with Gasteiger partial charge >= 0.3 is 29.6 Å². The van der Waals surface area contributed by atoms with Gasteiger partial charge in [-0.15, -0.1) is 0 Å². The van der Waals surface area contributed by atoms with Gasteiger partial charge in [-0.1, -0.05) is 46.8 Å². The van der Waals surface area contributed by atoms with E-state index >= 15 is 0 Å². The Morgan fingerprint density at radius 2 is 1.64 bits per heavy atom. The second-order valence-corrected chi connectivity index (χ2v) is 18.1. The van der Waals surface area contributed by atoms with Crippen molar-refractivity contribution in [1.82, 2.24) is 5.32 Å². The number of hydrogen-bond donors (Lipinski definition) is 7. The van der Waals surface area contributed by atoms with Crippen molar-refractivity contribution in [2.24, 2.45) is 52.3 Å². The number of fused-ring (bicyclic) bond motifs is 5. The van der Waals surface area contributed by atoms with E-state index in [1.54, 1.807) is 6.92 Å². The minimum atomic E-state index is -4.41. The molecule has 5 unspecified atom stereocenters. The molecule has 0 bridgehead atoms. The summed E-state index contributed by atoms with van der Waals surface area (Å²) in [6.07, 6.45) is 1.05. The van der Waals surface area contributed by atoms with Crippen LogP contribution >= 0.6 is 0 Å². The minimum absolute atomic E-state index is 0. The van der Waals surface area contributed by atoms with Gasteiger partial charge in [0, 0.05) is 24.8 Å². The number of ether oxygens (including phenoxy) is 2. The summed E-state index contributed by atoms with van der Waals surface area (Å²) in [4.78, 5) is 12.6. The number of aliphatic hydroxyl groups excluding tert-OH is 5. The normalized spacial score (nSPS) is 46.5. The molecule has 50 heavy (non-hydrogen) atoms. The van der Waals surface area contributed by atoms with Crippen LogP contribution in [0.3, 0.4) is 0 Å². The fraction of sp³-hybridized carbons (Fsp3) is 0.914. The smallest absolute Gasteiger partial charge is 0.748 e. The Kier molecular flexibility index (Phi) is 13.5. The van der Waals surface area contributed by atoms with Crippen molar-refractivity contribution >= 4 is 16.0 Å². The summed E-state index contributed by atoms with van der Waals surface area (Å²) in [6.45, 7) is 9.66. The van der Waals surface area contributed by atoms with Crippen LogP contribution < -0.4 is 34.9 Å². The van der Waals surface area contributed by atoms with Crippen LogP contribution in [0, 0.1) is 52.3 Å². The van der Waals surface area contributed by atoms with Crippen LogP contribution in [-0.2, 0) is 24.4 Å². The summed E-state index contributed by atoms with van der Waals surface area (Å²) in [6, 6.07) is 0. The van der Waals surface area contributed by atoms with Crippen molar-refractivity contribution in [3.8, 4) is 0 Å². The Hall–Kier alpha value is -0.200.